The zero-order valence-electron chi connectivity index (χ0n) is 6.87. The summed E-state index contributed by atoms with van der Waals surface area (Å²) in [5.74, 6) is 1.09. The molecule has 0 amide bonds. The Bertz CT molecular complexity index is 450. The smallest absolute Gasteiger partial charge is 0.138 e. The van der Waals surface area contributed by atoms with Gasteiger partial charge in [0.05, 0.1) is 17.2 Å². The largest absolute Gasteiger partial charge is 0.506 e. The Morgan fingerprint density at radius 1 is 1.46 bits per heavy atom. The Balaban J connectivity index is 2.87. The molecule has 0 spiro atoms. The Hall–Kier alpha value is -0.740. The van der Waals surface area contributed by atoms with Gasteiger partial charge in [-0.3, -0.25) is 0 Å². The molecule has 2 aromatic rings. The number of phenols is 1. The van der Waals surface area contributed by atoms with E-state index in [1.54, 1.807) is 13.2 Å². The number of aromatic hydroxyl groups is 1. The molecule has 0 bridgehead atoms. The molecule has 0 aliphatic rings. The van der Waals surface area contributed by atoms with Crippen LogP contribution in [0.1, 0.15) is 0 Å². The van der Waals surface area contributed by atoms with Crippen LogP contribution >= 0.6 is 27.3 Å². The van der Waals surface area contributed by atoms with Gasteiger partial charge in [-0.1, -0.05) is 0 Å². The molecule has 1 aromatic carbocycles. The molecule has 0 aliphatic carbocycles. The topological polar surface area (TPSA) is 29.5 Å². The minimum atomic E-state index is 0.298. The first-order chi connectivity index (χ1) is 6.24. The molecule has 2 rings (SSSR count). The third-order valence-electron chi connectivity index (χ3n) is 1.84. The van der Waals surface area contributed by atoms with Gasteiger partial charge < -0.3 is 9.84 Å². The van der Waals surface area contributed by atoms with E-state index in [4.69, 9.17) is 4.74 Å². The van der Waals surface area contributed by atoms with Gasteiger partial charge in [-0.15, -0.1) is 11.3 Å². The molecule has 0 fully saturated rings. The summed E-state index contributed by atoms with van der Waals surface area (Å²) in [4.78, 5) is 0. The number of hydrogen-bond donors (Lipinski definition) is 1. The van der Waals surface area contributed by atoms with Crippen molar-refractivity contribution >= 4 is 37.4 Å². The SMILES string of the molecule is COc1csc2c(O)ccc(Br)c12. The highest BCUT2D eigenvalue weighted by atomic mass is 79.9. The van der Waals surface area contributed by atoms with E-state index in [9.17, 15) is 5.11 Å². The molecule has 2 nitrogen and oxygen atoms in total. The number of phenolic OH excluding ortho intramolecular Hbond substituents is 1. The molecule has 0 saturated carbocycles. The number of benzene rings is 1. The first kappa shape index (κ1) is 8.84. The van der Waals surface area contributed by atoms with E-state index in [1.807, 2.05) is 11.4 Å². The van der Waals surface area contributed by atoms with Crippen LogP contribution in [0.5, 0.6) is 11.5 Å². The Labute approximate surface area is 87.9 Å². The highest BCUT2D eigenvalue weighted by Crippen LogP contribution is 2.41. The number of hydrogen-bond acceptors (Lipinski definition) is 3. The van der Waals surface area contributed by atoms with Crippen LogP contribution in [0.2, 0.25) is 0 Å². The third-order valence-corrected chi connectivity index (χ3v) is 3.48. The van der Waals surface area contributed by atoms with Crippen LogP contribution in [0.15, 0.2) is 22.0 Å². The number of rotatable bonds is 1. The monoisotopic (exact) mass is 258 g/mol. The number of thiophene rings is 1. The van der Waals surface area contributed by atoms with Crippen LogP contribution in [0.25, 0.3) is 10.1 Å². The predicted octanol–water partition coefficient (Wildman–Crippen LogP) is 3.38. The second-order valence-electron chi connectivity index (χ2n) is 2.57. The fourth-order valence-electron chi connectivity index (χ4n) is 1.22. The quantitative estimate of drug-likeness (QED) is 0.850. The number of ether oxygens (including phenoxy) is 1. The maximum absolute atomic E-state index is 9.54. The molecule has 1 aromatic heterocycles. The average Bonchev–Trinajstić information content (AvgIpc) is 2.56. The molecule has 0 unspecified atom stereocenters. The molecule has 13 heavy (non-hydrogen) atoms. The summed E-state index contributed by atoms with van der Waals surface area (Å²) in [5, 5.41) is 12.4. The number of methoxy groups -OCH3 is 1. The Kier molecular flexibility index (Phi) is 2.17. The van der Waals surface area contributed by atoms with Crippen molar-refractivity contribution in [2.24, 2.45) is 0 Å². The summed E-state index contributed by atoms with van der Waals surface area (Å²) in [6, 6.07) is 3.48. The number of fused-ring (bicyclic) bond motifs is 1. The summed E-state index contributed by atoms with van der Waals surface area (Å²) in [6.07, 6.45) is 0. The minimum absolute atomic E-state index is 0.298. The van der Waals surface area contributed by atoms with Gasteiger partial charge in [0.2, 0.25) is 0 Å². The molecule has 68 valence electrons. The van der Waals surface area contributed by atoms with E-state index in [2.05, 4.69) is 15.9 Å². The highest BCUT2D eigenvalue weighted by Gasteiger charge is 2.10. The van der Waals surface area contributed by atoms with Crippen LogP contribution in [-0.4, -0.2) is 12.2 Å². The van der Waals surface area contributed by atoms with Crippen molar-refractivity contribution in [2.75, 3.05) is 7.11 Å². The first-order valence-electron chi connectivity index (χ1n) is 3.66. The van der Waals surface area contributed by atoms with E-state index in [0.717, 1.165) is 20.3 Å². The van der Waals surface area contributed by atoms with Crippen LogP contribution in [0, 0.1) is 0 Å². The summed E-state index contributed by atoms with van der Waals surface area (Å²) in [7, 11) is 1.62. The lowest BCUT2D eigenvalue weighted by atomic mass is 10.2. The van der Waals surface area contributed by atoms with Crippen LogP contribution in [0.3, 0.4) is 0 Å². The maximum Gasteiger partial charge on any atom is 0.138 e. The zero-order valence-corrected chi connectivity index (χ0v) is 9.28. The van der Waals surface area contributed by atoms with Gasteiger partial charge in [0.1, 0.15) is 11.5 Å². The zero-order chi connectivity index (χ0) is 9.42. The number of halogens is 1. The summed E-state index contributed by atoms with van der Waals surface area (Å²) < 4.78 is 6.97. The van der Waals surface area contributed by atoms with Gasteiger partial charge in [-0.05, 0) is 28.1 Å². The minimum Gasteiger partial charge on any atom is -0.506 e. The maximum atomic E-state index is 9.54. The molecule has 4 heteroatoms. The standard InChI is InChI=1S/C9H7BrO2S/c1-12-7-4-13-9-6(11)3-2-5(10)8(7)9/h2-4,11H,1H3. The molecule has 0 radical (unpaired) electrons. The van der Waals surface area contributed by atoms with Crippen molar-refractivity contribution < 1.29 is 9.84 Å². The fraction of sp³-hybridized carbons (Fsp3) is 0.111. The Morgan fingerprint density at radius 2 is 2.23 bits per heavy atom. The van der Waals surface area contributed by atoms with Crippen LogP contribution in [0.4, 0.5) is 0 Å². The molecule has 0 aliphatic heterocycles. The summed E-state index contributed by atoms with van der Waals surface area (Å²) in [5.41, 5.74) is 0. The van der Waals surface area contributed by atoms with Gasteiger partial charge in [-0.2, -0.15) is 0 Å². The van der Waals surface area contributed by atoms with Crippen molar-refractivity contribution in [1.82, 2.24) is 0 Å². The van der Waals surface area contributed by atoms with Gasteiger partial charge in [-0.25, -0.2) is 0 Å². The lowest BCUT2D eigenvalue weighted by Gasteiger charge is -2.00. The van der Waals surface area contributed by atoms with Gasteiger partial charge >= 0.3 is 0 Å². The molecule has 1 heterocycles. The predicted molar refractivity (Wildman–Crippen MR) is 57.7 cm³/mol. The molecular weight excluding hydrogens is 252 g/mol. The highest BCUT2D eigenvalue weighted by molar-refractivity contribution is 9.10. The van der Waals surface area contributed by atoms with Crippen molar-refractivity contribution in [2.45, 2.75) is 0 Å². The van der Waals surface area contributed by atoms with E-state index >= 15 is 0 Å². The lowest BCUT2D eigenvalue weighted by molar-refractivity contribution is 0.421. The van der Waals surface area contributed by atoms with Crippen molar-refractivity contribution in [3.05, 3.63) is 22.0 Å². The third kappa shape index (κ3) is 1.30. The van der Waals surface area contributed by atoms with Gasteiger partial charge in [0.25, 0.3) is 0 Å². The van der Waals surface area contributed by atoms with Crippen molar-refractivity contribution in [3.63, 3.8) is 0 Å². The van der Waals surface area contributed by atoms with E-state index in [-0.39, 0.29) is 0 Å². The Morgan fingerprint density at radius 3 is 2.92 bits per heavy atom. The van der Waals surface area contributed by atoms with E-state index < -0.39 is 0 Å². The van der Waals surface area contributed by atoms with Gasteiger partial charge in [0, 0.05) is 9.85 Å². The molecule has 1 N–H and O–H groups in total. The lowest BCUT2D eigenvalue weighted by Crippen LogP contribution is -1.79. The van der Waals surface area contributed by atoms with Crippen LogP contribution < -0.4 is 4.74 Å². The molecule has 0 saturated heterocycles. The van der Waals surface area contributed by atoms with E-state index in [0.29, 0.717) is 5.75 Å². The second kappa shape index (κ2) is 3.20. The van der Waals surface area contributed by atoms with Gasteiger partial charge in [0.15, 0.2) is 0 Å². The average molecular weight is 259 g/mol. The first-order valence-corrected chi connectivity index (χ1v) is 5.34. The molecular formula is C9H7BrO2S. The molecule has 0 atom stereocenters. The fourth-order valence-corrected chi connectivity index (χ4v) is 2.83. The van der Waals surface area contributed by atoms with Crippen LogP contribution in [-0.2, 0) is 0 Å². The van der Waals surface area contributed by atoms with Crippen molar-refractivity contribution in [1.29, 1.82) is 0 Å². The van der Waals surface area contributed by atoms with Crippen molar-refractivity contribution in [3.8, 4) is 11.5 Å². The summed E-state index contributed by atoms with van der Waals surface area (Å²) >= 11 is 4.89. The normalized spacial score (nSPS) is 10.6. The second-order valence-corrected chi connectivity index (χ2v) is 4.31. The summed E-state index contributed by atoms with van der Waals surface area (Å²) in [6.45, 7) is 0. The van der Waals surface area contributed by atoms with E-state index in [1.165, 1.54) is 11.3 Å².